The molecule has 0 aromatic heterocycles. The van der Waals surface area contributed by atoms with E-state index in [4.69, 9.17) is 17.0 Å². The summed E-state index contributed by atoms with van der Waals surface area (Å²) in [6.45, 7) is 3.68. The first-order chi connectivity index (χ1) is 15.3. The van der Waals surface area contributed by atoms with Crippen LogP contribution in [0.15, 0.2) is 48.5 Å². The van der Waals surface area contributed by atoms with Crippen LogP contribution in [0.5, 0.6) is 0 Å². The van der Waals surface area contributed by atoms with Gasteiger partial charge in [0.1, 0.15) is 0 Å². The lowest BCUT2D eigenvalue weighted by Crippen LogP contribution is -2.34. The number of ether oxygens (including phenoxy) is 1. The number of hydrogen-bond donors (Lipinski definition) is 3. The second-order valence-corrected chi connectivity index (χ2v) is 7.78. The van der Waals surface area contributed by atoms with Crippen molar-refractivity contribution < 1.29 is 19.1 Å². The van der Waals surface area contributed by atoms with E-state index in [-0.39, 0.29) is 35.7 Å². The summed E-state index contributed by atoms with van der Waals surface area (Å²) in [6, 6.07) is 15.4. The molecule has 0 heterocycles. The molecule has 0 unspecified atom stereocenters. The molecule has 2 rings (SSSR count). The monoisotopic (exact) mass is 455 g/mol. The smallest absolute Gasteiger partial charge is 0.305 e. The van der Waals surface area contributed by atoms with Crippen molar-refractivity contribution >= 4 is 46.5 Å². The molecule has 0 aliphatic rings. The van der Waals surface area contributed by atoms with Crippen molar-refractivity contribution in [3.05, 3.63) is 59.7 Å². The van der Waals surface area contributed by atoms with Gasteiger partial charge in [-0.05, 0) is 61.7 Å². The average Bonchev–Trinajstić information content (AvgIpc) is 2.74. The Morgan fingerprint density at radius 2 is 1.72 bits per heavy atom. The highest BCUT2D eigenvalue weighted by molar-refractivity contribution is 7.80. The Morgan fingerprint density at radius 1 is 0.969 bits per heavy atom. The van der Waals surface area contributed by atoms with Gasteiger partial charge < -0.3 is 20.7 Å². The maximum absolute atomic E-state index is 12.1. The number of nitrogens with one attached hydrogen (secondary N) is 3. The van der Waals surface area contributed by atoms with Crippen molar-refractivity contribution in [3.8, 4) is 0 Å². The molecule has 0 aliphatic heterocycles. The molecular weight excluding hydrogens is 426 g/mol. The molecule has 0 aliphatic carbocycles. The van der Waals surface area contributed by atoms with Crippen LogP contribution in [0, 0.1) is 6.92 Å². The van der Waals surface area contributed by atoms with E-state index in [1.54, 1.807) is 12.1 Å². The summed E-state index contributed by atoms with van der Waals surface area (Å²) in [5, 5.41) is 8.39. The van der Waals surface area contributed by atoms with Crippen molar-refractivity contribution in [2.75, 3.05) is 17.2 Å². The zero-order chi connectivity index (χ0) is 23.3. The Morgan fingerprint density at radius 3 is 2.44 bits per heavy atom. The summed E-state index contributed by atoms with van der Waals surface area (Å²) >= 11 is 5.17. The lowest BCUT2D eigenvalue weighted by atomic mass is 10.1. The van der Waals surface area contributed by atoms with Crippen LogP contribution in [-0.4, -0.2) is 29.5 Å². The summed E-state index contributed by atoms with van der Waals surface area (Å²) in [4.78, 5) is 35.2. The molecule has 0 saturated carbocycles. The van der Waals surface area contributed by atoms with E-state index in [0.29, 0.717) is 24.4 Å². The molecule has 0 saturated heterocycles. The highest BCUT2D eigenvalue weighted by Gasteiger charge is 2.09. The fraction of sp³-hybridized carbons (Fsp3) is 0.333. The highest BCUT2D eigenvalue weighted by Crippen LogP contribution is 2.20. The van der Waals surface area contributed by atoms with Crippen LogP contribution in [0.2, 0.25) is 0 Å². The van der Waals surface area contributed by atoms with E-state index in [1.807, 2.05) is 43.3 Å². The summed E-state index contributed by atoms with van der Waals surface area (Å²) in [6.07, 6.45) is 2.33. The van der Waals surface area contributed by atoms with Crippen LogP contribution in [0.4, 0.5) is 11.4 Å². The third-order valence-corrected chi connectivity index (χ3v) is 4.76. The van der Waals surface area contributed by atoms with E-state index < -0.39 is 0 Å². The van der Waals surface area contributed by atoms with Gasteiger partial charge in [0.05, 0.1) is 6.61 Å². The van der Waals surface area contributed by atoms with Crippen molar-refractivity contribution in [2.24, 2.45) is 0 Å². The van der Waals surface area contributed by atoms with Crippen molar-refractivity contribution in [2.45, 2.75) is 46.0 Å². The minimum atomic E-state index is -0.309. The molecule has 7 nitrogen and oxygen atoms in total. The average molecular weight is 456 g/mol. The van der Waals surface area contributed by atoms with Crippen LogP contribution in [-0.2, 0) is 25.5 Å². The fourth-order valence-corrected chi connectivity index (χ4v) is 3.18. The number of aryl methyl sites for hydroxylation is 2. The molecule has 0 bridgehead atoms. The van der Waals surface area contributed by atoms with Gasteiger partial charge in [0, 0.05) is 31.1 Å². The summed E-state index contributed by atoms with van der Waals surface area (Å²) < 4.78 is 5.22. The molecule has 170 valence electrons. The molecule has 2 amide bonds. The Hall–Kier alpha value is -3.26. The largest absolute Gasteiger partial charge is 0.466 e. The van der Waals surface area contributed by atoms with Gasteiger partial charge in [0.2, 0.25) is 11.8 Å². The van der Waals surface area contributed by atoms with Gasteiger partial charge in [-0.25, -0.2) is 0 Å². The van der Waals surface area contributed by atoms with Gasteiger partial charge in [-0.15, -0.1) is 0 Å². The SMILES string of the molecule is CC(=O)Nc1cc(NC(=S)NC(=O)CCCC(=O)OCCCc2ccccc2)ccc1C. The van der Waals surface area contributed by atoms with Crippen LogP contribution < -0.4 is 16.0 Å². The van der Waals surface area contributed by atoms with Crippen molar-refractivity contribution in [1.29, 1.82) is 0 Å². The fourth-order valence-electron chi connectivity index (χ4n) is 2.95. The quantitative estimate of drug-likeness (QED) is 0.283. The Kier molecular flexibility index (Phi) is 10.3. The molecule has 0 fully saturated rings. The molecule has 3 N–H and O–H groups in total. The Balaban J connectivity index is 1.62. The number of hydrogen-bond acceptors (Lipinski definition) is 5. The van der Waals surface area contributed by atoms with E-state index in [2.05, 4.69) is 16.0 Å². The third-order valence-electron chi connectivity index (χ3n) is 4.56. The number of carbonyl (C=O) groups excluding carboxylic acids is 3. The standard InChI is InChI=1S/C24H29N3O4S/c1-17-13-14-20(16-21(17)25-18(2)28)26-24(32)27-22(29)11-6-12-23(30)31-15-7-10-19-8-4-3-5-9-19/h3-5,8-9,13-14,16H,6-7,10-12,15H2,1-2H3,(H,25,28)(H2,26,27,29,32). The van der Waals surface area contributed by atoms with Crippen LogP contribution in [0.3, 0.4) is 0 Å². The summed E-state index contributed by atoms with van der Waals surface area (Å²) in [5.41, 5.74) is 3.43. The van der Waals surface area contributed by atoms with Gasteiger partial charge >= 0.3 is 5.97 Å². The van der Waals surface area contributed by atoms with Gasteiger partial charge in [-0.2, -0.15) is 0 Å². The van der Waals surface area contributed by atoms with Crippen molar-refractivity contribution in [1.82, 2.24) is 5.32 Å². The molecule has 0 radical (unpaired) electrons. The molecule has 32 heavy (non-hydrogen) atoms. The second kappa shape index (κ2) is 13.2. The maximum Gasteiger partial charge on any atom is 0.305 e. The minimum Gasteiger partial charge on any atom is -0.466 e. The molecular formula is C24H29N3O4S. The topological polar surface area (TPSA) is 96.5 Å². The zero-order valence-corrected chi connectivity index (χ0v) is 19.2. The molecule has 8 heteroatoms. The number of thiocarbonyl (C=S) groups is 1. The minimum absolute atomic E-state index is 0.149. The third kappa shape index (κ3) is 9.70. The van der Waals surface area contributed by atoms with Gasteiger partial charge in [-0.1, -0.05) is 36.4 Å². The Bertz CT molecular complexity index is 948. The number of carbonyl (C=O) groups is 3. The zero-order valence-electron chi connectivity index (χ0n) is 18.4. The predicted molar refractivity (Wildman–Crippen MR) is 129 cm³/mol. The van der Waals surface area contributed by atoms with E-state index in [9.17, 15) is 14.4 Å². The Labute approximate surface area is 193 Å². The number of esters is 1. The second-order valence-electron chi connectivity index (χ2n) is 7.38. The van der Waals surface area contributed by atoms with Gasteiger partial charge in [0.25, 0.3) is 0 Å². The molecule has 0 spiro atoms. The van der Waals surface area contributed by atoms with Gasteiger partial charge in [-0.3, -0.25) is 14.4 Å². The van der Waals surface area contributed by atoms with Gasteiger partial charge in [0.15, 0.2) is 5.11 Å². The summed E-state index contributed by atoms with van der Waals surface area (Å²) in [7, 11) is 0. The van der Waals surface area contributed by atoms with E-state index in [1.165, 1.54) is 12.5 Å². The molecule has 2 aromatic carbocycles. The lowest BCUT2D eigenvalue weighted by Gasteiger charge is -2.12. The number of benzene rings is 2. The predicted octanol–water partition coefficient (Wildman–Crippen LogP) is 4.11. The lowest BCUT2D eigenvalue weighted by molar-refractivity contribution is -0.143. The first-order valence-corrected chi connectivity index (χ1v) is 10.9. The van der Waals surface area contributed by atoms with Crippen LogP contribution >= 0.6 is 12.2 Å². The van der Waals surface area contributed by atoms with Crippen molar-refractivity contribution in [3.63, 3.8) is 0 Å². The van der Waals surface area contributed by atoms with E-state index in [0.717, 1.165) is 18.4 Å². The van der Waals surface area contributed by atoms with Crippen LogP contribution in [0.1, 0.15) is 43.7 Å². The first kappa shape index (κ1) is 25.0. The number of anilines is 2. The molecule has 0 atom stereocenters. The first-order valence-electron chi connectivity index (χ1n) is 10.5. The molecule has 2 aromatic rings. The highest BCUT2D eigenvalue weighted by atomic mass is 32.1. The van der Waals surface area contributed by atoms with E-state index >= 15 is 0 Å². The maximum atomic E-state index is 12.1. The number of amides is 2. The van der Waals surface area contributed by atoms with Crippen LogP contribution in [0.25, 0.3) is 0 Å². The summed E-state index contributed by atoms with van der Waals surface area (Å²) in [5.74, 6) is -0.763. The normalized spacial score (nSPS) is 10.2. The number of rotatable bonds is 10.